The number of aliphatic hydroxyl groups is 1. The fourth-order valence-electron chi connectivity index (χ4n) is 2.11. The molecule has 4 N–H and O–H groups in total. The standard InChI is InChI=1S/C13H20N2O4S/c14-11-2-4-12(5-3-11)19-8-9-20(17,18)15-13(10-16)6-1-7-13/h2-5,15-16H,1,6-10,14H2. The Balaban J connectivity index is 1.82. The molecule has 0 amide bonds. The summed E-state index contributed by atoms with van der Waals surface area (Å²) >= 11 is 0. The van der Waals surface area contributed by atoms with Gasteiger partial charge in [0.05, 0.1) is 17.9 Å². The number of ether oxygens (including phenoxy) is 1. The molecule has 0 radical (unpaired) electrons. The molecule has 112 valence electrons. The molecular weight excluding hydrogens is 280 g/mol. The van der Waals surface area contributed by atoms with Crippen LogP contribution < -0.4 is 15.2 Å². The first kappa shape index (κ1) is 15.1. The smallest absolute Gasteiger partial charge is 0.215 e. The van der Waals surface area contributed by atoms with Gasteiger partial charge in [0, 0.05) is 5.69 Å². The number of nitrogens with two attached hydrogens (primary N) is 1. The monoisotopic (exact) mass is 300 g/mol. The number of sulfonamides is 1. The number of rotatable bonds is 7. The van der Waals surface area contributed by atoms with Crippen LogP contribution >= 0.6 is 0 Å². The molecule has 1 aromatic rings. The highest BCUT2D eigenvalue weighted by Crippen LogP contribution is 2.31. The van der Waals surface area contributed by atoms with E-state index >= 15 is 0 Å². The molecule has 0 saturated heterocycles. The average Bonchev–Trinajstić information content (AvgIpc) is 2.36. The Morgan fingerprint density at radius 3 is 2.45 bits per heavy atom. The predicted octanol–water partition coefficient (Wildman–Crippen LogP) is 0.482. The Kier molecular flexibility index (Phi) is 4.52. The maximum atomic E-state index is 11.9. The summed E-state index contributed by atoms with van der Waals surface area (Å²) in [5.41, 5.74) is 5.52. The first-order valence-corrected chi connectivity index (χ1v) is 8.21. The van der Waals surface area contributed by atoms with Gasteiger partial charge in [0.25, 0.3) is 0 Å². The van der Waals surface area contributed by atoms with Crippen LogP contribution in [0.5, 0.6) is 5.75 Å². The number of hydrogen-bond donors (Lipinski definition) is 3. The summed E-state index contributed by atoms with van der Waals surface area (Å²) in [7, 11) is -3.45. The minimum atomic E-state index is -3.45. The van der Waals surface area contributed by atoms with Crippen LogP contribution in [0, 0.1) is 0 Å². The van der Waals surface area contributed by atoms with Crippen LogP contribution in [-0.4, -0.2) is 38.0 Å². The van der Waals surface area contributed by atoms with E-state index in [2.05, 4.69) is 4.72 Å². The van der Waals surface area contributed by atoms with Gasteiger partial charge in [-0.15, -0.1) is 0 Å². The van der Waals surface area contributed by atoms with E-state index in [4.69, 9.17) is 10.5 Å². The SMILES string of the molecule is Nc1ccc(OCCS(=O)(=O)NC2(CO)CCC2)cc1. The maximum absolute atomic E-state index is 11.9. The first-order chi connectivity index (χ1) is 9.45. The van der Waals surface area contributed by atoms with E-state index in [1.807, 2.05) is 0 Å². The lowest BCUT2D eigenvalue weighted by molar-refractivity contribution is 0.110. The highest BCUT2D eigenvalue weighted by atomic mass is 32.2. The van der Waals surface area contributed by atoms with Crippen LogP contribution in [0.3, 0.4) is 0 Å². The highest BCUT2D eigenvalue weighted by molar-refractivity contribution is 7.89. The lowest BCUT2D eigenvalue weighted by Crippen LogP contribution is -2.56. The zero-order chi connectivity index (χ0) is 14.6. The van der Waals surface area contributed by atoms with Crippen LogP contribution in [-0.2, 0) is 10.0 Å². The third-order valence-electron chi connectivity index (χ3n) is 3.49. The molecule has 1 aliphatic carbocycles. The molecule has 0 bridgehead atoms. The van der Waals surface area contributed by atoms with Crippen LogP contribution in [0.4, 0.5) is 5.69 Å². The molecule has 20 heavy (non-hydrogen) atoms. The molecule has 0 aliphatic heterocycles. The summed E-state index contributed by atoms with van der Waals surface area (Å²) in [5.74, 6) is 0.439. The van der Waals surface area contributed by atoms with Gasteiger partial charge in [-0.25, -0.2) is 13.1 Å². The molecule has 1 fully saturated rings. The van der Waals surface area contributed by atoms with E-state index in [-0.39, 0.29) is 19.0 Å². The Hall–Kier alpha value is -1.31. The number of nitrogen functional groups attached to an aromatic ring is 1. The van der Waals surface area contributed by atoms with Gasteiger partial charge < -0.3 is 15.6 Å². The summed E-state index contributed by atoms with van der Waals surface area (Å²) in [5, 5.41) is 9.26. The van der Waals surface area contributed by atoms with Gasteiger partial charge in [0.15, 0.2) is 0 Å². The molecule has 7 heteroatoms. The molecule has 6 nitrogen and oxygen atoms in total. The maximum Gasteiger partial charge on any atom is 0.215 e. The van der Waals surface area contributed by atoms with Crippen molar-refractivity contribution < 1.29 is 18.3 Å². The summed E-state index contributed by atoms with van der Waals surface area (Å²) in [6, 6.07) is 6.77. The summed E-state index contributed by atoms with van der Waals surface area (Å²) < 4.78 is 31.8. The van der Waals surface area contributed by atoms with Crippen molar-refractivity contribution in [2.75, 3.05) is 24.7 Å². The van der Waals surface area contributed by atoms with Crippen LogP contribution in [0.2, 0.25) is 0 Å². The Bertz CT molecular complexity index is 532. The molecule has 0 atom stereocenters. The highest BCUT2D eigenvalue weighted by Gasteiger charge is 2.39. The van der Waals surface area contributed by atoms with Gasteiger partial charge in [-0.2, -0.15) is 0 Å². The van der Waals surface area contributed by atoms with Crippen molar-refractivity contribution in [1.29, 1.82) is 0 Å². The van der Waals surface area contributed by atoms with E-state index in [1.54, 1.807) is 24.3 Å². The zero-order valence-electron chi connectivity index (χ0n) is 11.2. The number of benzene rings is 1. The van der Waals surface area contributed by atoms with Gasteiger partial charge in [-0.3, -0.25) is 0 Å². The summed E-state index contributed by atoms with van der Waals surface area (Å²) in [6.45, 7) is -0.105. The van der Waals surface area contributed by atoms with Crippen molar-refractivity contribution in [3.05, 3.63) is 24.3 Å². The minimum Gasteiger partial charge on any atom is -0.492 e. The molecule has 2 rings (SSSR count). The third-order valence-corrected chi connectivity index (χ3v) is 4.93. The summed E-state index contributed by atoms with van der Waals surface area (Å²) in [4.78, 5) is 0. The second kappa shape index (κ2) is 5.99. The Morgan fingerprint density at radius 1 is 1.30 bits per heavy atom. The Labute approximate surface area is 119 Å². The normalized spacial score (nSPS) is 17.4. The van der Waals surface area contributed by atoms with Crippen LogP contribution in [0.15, 0.2) is 24.3 Å². The minimum absolute atomic E-state index is 0.0563. The second-order valence-electron chi connectivity index (χ2n) is 5.13. The zero-order valence-corrected chi connectivity index (χ0v) is 12.0. The van der Waals surface area contributed by atoms with Crippen molar-refractivity contribution in [2.24, 2.45) is 0 Å². The molecule has 0 heterocycles. The molecule has 0 spiro atoms. The van der Waals surface area contributed by atoms with Crippen molar-refractivity contribution in [1.82, 2.24) is 4.72 Å². The molecule has 0 unspecified atom stereocenters. The quantitative estimate of drug-likeness (QED) is 0.636. The molecule has 1 aromatic carbocycles. The topological polar surface area (TPSA) is 102 Å². The van der Waals surface area contributed by atoms with Gasteiger partial charge in [-0.1, -0.05) is 0 Å². The van der Waals surface area contributed by atoms with Crippen LogP contribution in [0.1, 0.15) is 19.3 Å². The first-order valence-electron chi connectivity index (χ1n) is 6.56. The van der Waals surface area contributed by atoms with E-state index < -0.39 is 15.6 Å². The van der Waals surface area contributed by atoms with Gasteiger partial charge in [0.2, 0.25) is 10.0 Å². The molecule has 1 saturated carbocycles. The lowest BCUT2D eigenvalue weighted by Gasteiger charge is -2.40. The van der Waals surface area contributed by atoms with Gasteiger partial charge in [0.1, 0.15) is 12.4 Å². The number of nitrogens with one attached hydrogen (secondary N) is 1. The molecular formula is C13H20N2O4S. The van der Waals surface area contributed by atoms with Crippen molar-refractivity contribution in [3.8, 4) is 5.75 Å². The number of aliphatic hydroxyl groups excluding tert-OH is 1. The van der Waals surface area contributed by atoms with Crippen molar-refractivity contribution >= 4 is 15.7 Å². The number of hydrogen-bond acceptors (Lipinski definition) is 5. The fraction of sp³-hybridized carbons (Fsp3) is 0.538. The Morgan fingerprint density at radius 2 is 1.95 bits per heavy atom. The largest absolute Gasteiger partial charge is 0.492 e. The van der Waals surface area contributed by atoms with E-state index in [1.165, 1.54) is 0 Å². The van der Waals surface area contributed by atoms with Gasteiger partial charge in [-0.05, 0) is 43.5 Å². The van der Waals surface area contributed by atoms with Crippen LogP contribution in [0.25, 0.3) is 0 Å². The van der Waals surface area contributed by atoms with Crippen molar-refractivity contribution in [3.63, 3.8) is 0 Å². The molecule has 1 aliphatic rings. The summed E-state index contributed by atoms with van der Waals surface area (Å²) in [6.07, 6.45) is 2.30. The van der Waals surface area contributed by atoms with E-state index in [0.717, 1.165) is 6.42 Å². The lowest BCUT2D eigenvalue weighted by atomic mass is 9.78. The fourth-order valence-corrected chi connectivity index (χ4v) is 3.44. The predicted molar refractivity (Wildman–Crippen MR) is 76.9 cm³/mol. The van der Waals surface area contributed by atoms with E-state index in [0.29, 0.717) is 24.3 Å². The average molecular weight is 300 g/mol. The third kappa shape index (κ3) is 3.84. The molecule has 0 aromatic heterocycles. The van der Waals surface area contributed by atoms with Crippen molar-refractivity contribution in [2.45, 2.75) is 24.8 Å². The second-order valence-corrected chi connectivity index (χ2v) is 6.97. The number of anilines is 1. The van der Waals surface area contributed by atoms with E-state index in [9.17, 15) is 13.5 Å². The van der Waals surface area contributed by atoms with Gasteiger partial charge >= 0.3 is 0 Å².